The zero-order valence-electron chi connectivity index (χ0n) is 15.0. The molecule has 1 saturated heterocycles. The van der Waals surface area contributed by atoms with Gasteiger partial charge in [0.2, 0.25) is 0 Å². The lowest BCUT2D eigenvalue weighted by atomic mass is 9.78. The molecule has 2 heterocycles. The number of methoxy groups -OCH3 is 1. The summed E-state index contributed by atoms with van der Waals surface area (Å²) in [5, 5.41) is 0. The predicted octanol–water partition coefficient (Wildman–Crippen LogP) is 2.93. The van der Waals surface area contributed by atoms with Crippen LogP contribution in [0.15, 0.2) is 18.5 Å². The quantitative estimate of drug-likeness (QED) is 0.817. The summed E-state index contributed by atoms with van der Waals surface area (Å²) in [6.07, 6.45) is 1.86. The fourth-order valence-electron chi connectivity index (χ4n) is 2.81. The summed E-state index contributed by atoms with van der Waals surface area (Å²) >= 11 is 0. The van der Waals surface area contributed by atoms with Crippen molar-refractivity contribution in [2.75, 3.05) is 7.11 Å². The second kappa shape index (κ2) is 5.25. The molecule has 0 atom stereocenters. The molecule has 6 heteroatoms. The van der Waals surface area contributed by atoms with Crippen molar-refractivity contribution in [1.82, 2.24) is 9.55 Å². The van der Waals surface area contributed by atoms with Crippen LogP contribution in [0.1, 0.15) is 47.6 Å². The van der Waals surface area contributed by atoms with Gasteiger partial charge in [-0.1, -0.05) is 0 Å². The molecule has 0 bridgehead atoms. The maximum Gasteiger partial charge on any atom is 0.498 e. The van der Waals surface area contributed by atoms with Gasteiger partial charge in [0.1, 0.15) is 5.75 Å². The van der Waals surface area contributed by atoms with Crippen LogP contribution in [0, 0.1) is 0 Å². The molecular weight excluding hydrogens is 291 g/mol. The molecule has 0 unspecified atom stereocenters. The molecule has 0 radical (unpaired) electrons. The Hall–Kier alpha value is -1.53. The summed E-state index contributed by atoms with van der Waals surface area (Å²) in [5.41, 5.74) is 2.10. The van der Waals surface area contributed by atoms with E-state index in [4.69, 9.17) is 14.0 Å². The lowest BCUT2D eigenvalue weighted by molar-refractivity contribution is 0.00578. The van der Waals surface area contributed by atoms with E-state index in [1.54, 1.807) is 7.11 Å². The number of hydrogen-bond acceptors (Lipinski definition) is 4. The number of aromatic nitrogens is 2. The Kier molecular flexibility index (Phi) is 3.73. The van der Waals surface area contributed by atoms with Crippen LogP contribution in [-0.4, -0.2) is 35.0 Å². The molecule has 0 amide bonds. The van der Waals surface area contributed by atoms with Crippen molar-refractivity contribution in [3.63, 3.8) is 0 Å². The Morgan fingerprint density at radius 2 is 1.74 bits per heavy atom. The van der Waals surface area contributed by atoms with Crippen LogP contribution >= 0.6 is 0 Å². The highest BCUT2D eigenvalue weighted by atomic mass is 16.7. The molecule has 1 aliphatic rings. The smallest absolute Gasteiger partial charge is 0.497 e. The highest BCUT2D eigenvalue weighted by Gasteiger charge is 2.52. The Morgan fingerprint density at radius 3 is 2.26 bits per heavy atom. The molecular formula is C17H25BN2O3. The predicted molar refractivity (Wildman–Crippen MR) is 92.4 cm³/mol. The molecule has 0 saturated carbocycles. The molecule has 23 heavy (non-hydrogen) atoms. The average molecular weight is 316 g/mol. The Labute approximate surface area is 138 Å². The summed E-state index contributed by atoms with van der Waals surface area (Å²) in [4.78, 5) is 4.52. The van der Waals surface area contributed by atoms with Crippen LogP contribution in [-0.2, 0) is 9.31 Å². The Morgan fingerprint density at radius 1 is 1.13 bits per heavy atom. The van der Waals surface area contributed by atoms with Gasteiger partial charge < -0.3 is 18.6 Å². The standard InChI is InChI=1S/C17H25BN2O3/c1-11(2)20-10-19-13-8-12(15(21-7)9-14(13)20)18-22-16(3,4)17(5,6)23-18/h8-11H,1-7H3. The first-order chi connectivity index (χ1) is 10.7. The topological polar surface area (TPSA) is 45.5 Å². The van der Waals surface area contributed by atoms with Gasteiger partial charge in [0.05, 0.1) is 35.7 Å². The molecule has 1 fully saturated rings. The number of rotatable bonds is 3. The number of imidazole rings is 1. The van der Waals surface area contributed by atoms with Gasteiger partial charge in [0.25, 0.3) is 0 Å². The van der Waals surface area contributed by atoms with Gasteiger partial charge in [-0.15, -0.1) is 0 Å². The minimum absolute atomic E-state index is 0.340. The van der Waals surface area contributed by atoms with E-state index in [9.17, 15) is 0 Å². The highest BCUT2D eigenvalue weighted by Crippen LogP contribution is 2.37. The van der Waals surface area contributed by atoms with Crippen molar-refractivity contribution < 1.29 is 14.0 Å². The van der Waals surface area contributed by atoms with Crippen molar-refractivity contribution in [3.8, 4) is 5.75 Å². The molecule has 0 aliphatic carbocycles. The number of nitrogens with zero attached hydrogens (tertiary/aromatic N) is 2. The van der Waals surface area contributed by atoms with Crippen LogP contribution in [0.25, 0.3) is 11.0 Å². The van der Waals surface area contributed by atoms with Gasteiger partial charge in [0.15, 0.2) is 0 Å². The largest absolute Gasteiger partial charge is 0.498 e. The monoisotopic (exact) mass is 316 g/mol. The number of ether oxygens (including phenoxy) is 1. The van der Waals surface area contributed by atoms with Gasteiger partial charge in [-0.2, -0.15) is 0 Å². The van der Waals surface area contributed by atoms with Gasteiger partial charge in [0, 0.05) is 17.6 Å². The van der Waals surface area contributed by atoms with Crippen molar-refractivity contribution >= 4 is 23.6 Å². The Balaban J connectivity index is 2.08. The summed E-state index contributed by atoms with van der Waals surface area (Å²) in [7, 11) is 1.22. The summed E-state index contributed by atoms with van der Waals surface area (Å²) in [5.74, 6) is 0.762. The third-order valence-corrected chi connectivity index (χ3v) is 4.99. The van der Waals surface area contributed by atoms with E-state index in [1.165, 1.54) is 0 Å². The van der Waals surface area contributed by atoms with E-state index >= 15 is 0 Å². The van der Waals surface area contributed by atoms with Gasteiger partial charge in [-0.05, 0) is 47.6 Å². The lowest BCUT2D eigenvalue weighted by Crippen LogP contribution is -2.41. The van der Waals surface area contributed by atoms with Crippen LogP contribution in [0.5, 0.6) is 5.75 Å². The van der Waals surface area contributed by atoms with Crippen molar-refractivity contribution in [2.45, 2.75) is 58.8 Å². The molecule has 1 aromatic carbocycles. The first kappa shape index (κ1) is 16.3. The van der Waals surface area contributed by atoms with Gasteiger partial charge in [-0.25, -0.2) is 4.98 Å². The number of fused-ring (bicyclic) bond motifs is 1. The summed E-state index contributed by atoms with van der Waals surface area (Å²) in [6, 6.07) is 4.37. The summed E-state index contributed by atoms with van der Waals surface area (Å²) in [6.45, 7) is 12.5. The van der Waals surface area contributed by atoms with E-state index in [0.29, 0.717) is 6.04 Å². The van der Waals surface area contributed by atoms with Gasteiger partial charge in [-0.3, -0.25) is 0 Å². The van der Waals surface area contributed by atoms with Crippen LogP contribution in [0.2, 0.25) is 0 Å². The van der Waals surface area contributed by atoms with Crippen molar-refractivity contribution in [3.05, 3.63) is 18.5 Å². The first-order valence-corrected chi connectivity index (χ1v) is 8.06. The SMILES string of the molecule is COc1cc2c(cc1B1OC(C)(C)C(C)(C)O1)ncn2C(C)C. The van der Waals surface area contributed by atoms with E-state index in [2.05, 4.69) is 23.4 Å². The number of hydrogen-bond donors (Lipinski definition) is 0. The second-order valence-corrected chi connectivity index (χ2v) is 7.42. The maximum atomic E-state index is 6.16. The molecule has 0 N–H and O–H groups in total. The average Bonchev–Trinajstić information content (AvgIpc) is 2.95. The third-order valence-electron chi connectivity index (χ3n) is 4.99. The molecule has 5 nitrogen and oxygen atoms in total. The summed E-state index contributed by atoms with van der Waals surface area (Å²) < 4.78 is 20.1. The molecule has 0 spiro atoms. The fraction of sp³-hybridized carbons (Fsp3) is 0.588. The molecule has 2 aromatic rings. The van der Waals surface area contributed by atoms with E-state index in [-0.39, 0.29) is 11.2 Å². The molecule has 124 valence electrons. The Bertz CT molecular complexity index is 721. The number of benzene rings is 1. The normalized spacial score (nSPS) is 19.7. The highest BCUT2D eigenvalue weighted by molar-refractivity contribution is 6.63. The van der Waals surface area contributed by atoms with Crippen LogP contribution in [0.4, 0.5) is 0 Å². The molecule has 3 rings (SSSR count). The van der Waals surface area contributed by atoms with E-state index in [1.807, 2.05) is 46.2 Å². The zero-order valence-corrected chi connectivity index (χ0v) is 15.0. The van der Waals surface area contributed by atoms with Crippen molar-refractivity contribution in [2.24, 2.45) is 0 Å². The minimum atomic E-state index is -0.455. The van der Waals surface area contributed by atoms with Gasteiger partial charge >= 0.3 is 7.12 Å². The fourth-order valence-corrected chi connectivity index (χ4v) is 2.81. The molecule has 1 aromatic heterocycles. The van der Waals surface area contributed by atoms with Crippen LogP contribution in [0.3, 0.4) is 0 Å². The second-order valence-electron chi connectivity index (χ2n) is 7.42. The molecule has 1 aliphatic heterocycles. The minimum Gasteiger partial charge on any atom is -0.497 e. The maximum absolute atomic E-state index is 6.16. The van der Waals surface area contributed by atoms with E-state index < -0.39 is 7.12 Å². The third kappa shape index (κ3) is 2.54. The van der Waals surface area contributed by atoms with Crippen molar-refractivity contribution in [1.29, 1.82) is 0 Å². The first-order valence-electron chi connectivity index (χ1n) is 8.06. The van der Waals surface area contributed by atoms with Crippen LogP contribution < -0.4 is 10.2 Å². The van der Waals surface area contributed by atoms with E-state index in [0.717, 1.165) is 22.2 Å². The lowest BCUT2D eigenvalue weighted by Gasteiger charge is -2.32. The zero-order chi connectivity index (χ0) is 17.0.